The second kappa shape index (κ2) is 4.39. The predicted octanol–water partition coefficient (Wildman–Crippen LogP) is 0.493. The van der Waals surface area contributed by atoms with E-state index in [1.54, 1.807) is 0 Å². The minimum atomic E-state index is -3.07. The molecule has 1 saturated heterocycles. The Morgan fingerprint density at radius 2 is 2.15 bits per heavy atom. The Morgan fingerprint density at radius 3 is 2.69 bits per heavy atom. The van der Waals surface area contributed by atoms with Crippen molar-refractivity contribution in [2.45, 2.75) is 38.4 Å². The van der Waals surface area contributed by atoms with Crippen LogP contribution in [0.5, 0.6) is 0 Å². The molecule has 1 N–H and O–H groups in total. The monoisotopic (exact) mass is 207 g/mol. The lowest BCUT2D eigenvalue weighted by molar-refractivity contribution is -0.0358. The van der Waals surface area contributed by atoms with E-state index in [1.807, 2.05) is 6.92 Å². The minimum absolute atomic E-state index is 0.0541. The van der Waals surface area contributed by atoms with Crippen LogP contribution in [0.4, 0.5) is 0 Å². The van der Waals surface area contributed by atoms with Gasteiger partial charge >= 0.3 is 0 Å². The molecule has 0 aromatic rings. The van der Waals surface area contributed by atoms with E-state index in [1.165, 1.54) is 6.26 Å². The maximum atomic E-state index is 10.8. The Hall–Kier alpha value is -0.130. The van der Waals surface area contributed by atoms with E-state index in [4.69, 9.17) is 4.74 Å². The van der Waals surface area contributed by atoms with Crippen molar-refractivity contribution < 1.29 is 13.2 Å². The van der Waals surface area contributed by atoms with Gasteiger partial charge in [-0.05, 0) is 26.2 Å². The van der Waals surface area contributed by atoms with E-state index in [-0.39, 0.29) is 12.2 Å². The molecule has 0 aromatic carbocycles. The summed E-state index contributed by atoms with van der Waals surface area (Å²) in [4.78, 5) is 0. The van der Waals surface area contributed by atoms with Crippen molar-refractivity contribution in [1.82, 2.24) is 4.72 Å². The third-order valence-electron chi connectivity index (χ3n) is 2.13. The van der Waals surface area contributed by atoms with Gasteiger partial charge in [0.15, 0.2) is 0 Å². The van der Waals surface area contributed by atoms with E-state index in [2.05, 4.69) is 4.72 Å². The summed E-state index contributed by atoms with van der Waals surface area (Å²) in [5.41, 5.74) is 0. The Labute approximate surface area is 79.7 Å². The van der Waals surface area contributed by atoms with Crippen molar-refractivity contribution in [3.05, 3.63) is 0 Å². The average molecular weight is 207 g/mol. The first kappa shape index (κ1) is 10.9. The Bertz CT molecular complexity index is 250. The van der Waals surface area contributed by atoms with Gasteiger partial charge in [0.25, 0.3) is 0 Å². The smallest absolute Gasteiger partial charge is 0.208 e. The van der Waals surface area contributed by atoms with Gasteiger partial charge in [0.05, 0.1) is 18.5 Å². The second-order valence-electron chi connectivity index (χ2n) is 3.62. The van der Waals surface area contributed by atoms with Crippen molar-refractivity contribution in [1.29, 1.82) is 0 Å². The fourth-order valence-electron chi connectivity index (χ4n) is 1.49. The summed E-state index contributed by atoms with van der Waals surface area (Å²) >= 11 is 0. The highest BCUT2D eigenvalue weighted by atomic mass is 32.2. The number of hydrogen-bond acceptors (Lipinski definition) is 3. The standard InChI is InChI=1S/C8H17NO3S/c1-7-4-3-5-8(12-7)6-9-13(2,10)11/h7-9H,3-6H2,1-2H3. The zero-order chi connectivity index (χ0) is 9.90. The molecule has 0 saturated carbocycles. The first-order valence-electron chi connectivity index (χ1n) is 4.57. The molecule has 5 heteroatoms. The Kier molecular flexibility index (Phi) is 3.70. The zero-order valence-corrected chi connectivity index (χ0v) is 8.93. The molecule has 78 valence electrons. The minimum Gasteiger partial charge on any atom is -0.374 e. The Balaban J connectivity index is 2.29. The van der Waals surface area contributed by atoms with Gasteiger partial charge in [-0.25, -0.2) is 13.1 Å². The van der Waals surface area contributed by atoms with E-state index >= 15 is 0 Å². The molecule has 1 rings (SSSR count). The molecule has 4 nitrogen and oxygen atoms in total. The van der Waals surface area contributed by atoms with Gasteiger partial charge in [0.2, 0.25) is 10.0 Å². The van der Waals surface area contributed by atoms with Crippen molar-refractivity contribution in [2.75, 3.05) is 12.8 Å². The molecule has 0 spiro atoms. The number of sulfonamides is 1. The topological polar surface area (TPSA) is 55.4 Å². The van der Waals surface area contributed by atoms with Crippen LogP contribution in [-0.2, 0) is 14.8 Å². The van der Waals surface area contributed by atoms with Gasteiger partial charge in [-0.3, -0.25) is 0 Å². The van der Waals surface area contributed by atoms with Crippen LogP contribution < -0.4 is 4.72 Å². The van der Waals surface area contributed by atoms with Gasteiger partial charge in [0.1, 0.15) is 0 Å². The molecule has 1 fully saturated rings. The van der Waals surface area contributed by atoms with Crippen LogP contribution in [0.15, 0.2) is 0 Å². The van der Waals surface area contributed by atoms with Crippen LogP contribution in [-0.4, -0.2) is 33.4 Å². The molecule has 13 heavy (non-hydrogen) atoms. The molecule has 2 unspecified atom stereocenters. The van der Waals surface area contributed by atoms with Gasteiger partial charge in [-0.2, -0.15) is 0 Å². The van der Waals surface area contributed by atoms with Crippen molar-refractivity contribution in [2.24, 2.45) is 0 Å². The number of rotatable bonds is 3. The molecular formula is C8H17NO3S. The number of hydrogen-bond donors (Lipinski definition) is 1. The molecule has 1 aliphatic heterocycles. The van der Waals surface area contributed by atoms with Gasteiger partial charge < -0.3 is 4.74 Å². The van der Waals surface area contributed by atoms with E-state index in [0.717, 1.165) is 19.3 Å². The lowest BCUT2D eigenvalue weighted by Crippen LogP contribution is -2.37. The summed E-state index contributed by atoms with van der Waals surface area (Å²) in [5.74, 6) is 0. The number of nitrogens with one attached hydrogen (secondary N) is 1. The van der Waals surface area contributed by atoms with Crippen LogP contribution in [0, 0.1) is 0 Å². The van der Waals surface area contributed by atoms with Crippen LogP contribution in [0.25, 0.3) is 0 Å². The zero-order valence-electron chi connectivity index (χ0n) is 8.12. The second-order valence-corrected chi connectivity index (χ2v) is 5.45. The van der Waals surface area contributed by atoms with Crippen LogP contribution in [0.3, 0.4) is 0 Å². The van der Waals surface area contributed by atoms with Crippen molar-refractivity contribution in [3.63, 3.8) is 0 Å². The average Bonchev–Trinajstić information content (AvgIpc) is 2.00. The van der Waals surface area contributed by atoms with Crippen LogP contribution in [0.1, 0.15) is 26.2 Å². The molecule has 0 amide bonds. The molecule has 0 bridgehead atoms. The molecule has 0 aliphatic carbocycles. The highest BCUT2D eigenvalue weighted by Crippen LogP contribution is 2.17. The summed E-state index contributed by atoms with van der Waals surface area (Å²) in [6.07, 6.45) is 4.64. The van der Waals surface area contributed by atoms with E-state index < -0.39 is 10.0 Å². The third kappa shape index (κ3) is 4.59. The summed E-state index contributed by atoms with van der Waals surface area (Å²) in [6, 6.07) is 0. The largest absolute Gasteiger partial charge is 0.374 e. The maximum absolute atomic E-state index is 10.8. The SMILES string of the molecule is CC1CCCC(CNS(C)(=O)=O)O1. The van der Waals surface area contributed by atoms with Crippen molar-refractivity contribution >= 4 is 10.0 Å². The molecule has 1 heterocycles. The molecule has 0 radical (unpaired) electrons. The van der Waals surface area contributed by atoms with Crippen LogP contribution in [0.2, 0.25) is 0 Å². The Morgan fingerprint density at radius 1 is 1.46 bits per heavy atom. The quantitative estimate of drug-likeness (QED) is 0.733. The third-order valence-corrected chi connectivity index (χ3v) is 2.83. The lowest BCUT2D eigenvalue weighted by atomic mass is 10.1. The van der Waals surface area contributed by atoms with Crippen LogP contribution >= 0.6 is 0 Å². The highest BCUT2D eigenvalue weighted by Gasteiger charge is 2.19. The van der Waals surface area contributed by atoms with E-state index in [9.17, 15) is 8.42 Å². The van der Waals surface area contributed by atoms with Gasteiger partial charge in [-0.15, -0.1) is 0 Å². The molecule has 0 aromatic heterocycles. The first-order chi connectivity index (χ1) is 5.97. The molecule has 2 atom stereocenters. The fraction of sp³-hybridized carbons (Fsp3) is 1.00. The molecule has 1 aliphatic rings. The summed E-state index contributed by atoms with van der Waals surface area (Å²) in [6.45, 7) is 2.43. The first-order valence-corrected chi connectivity index (χ1v) is 6.46. The molecular weight excluding hydrogens is 190 g/mol. The fourth-order valence-corrected chi connectivity index (χ4v) is 1.98. The van der Waals surface area contributed by atoms with Gasteiger partial charge in [0, 0.05) is 6.54 Å². The highest BCUT2D eigenvalue weighted by molar-refractivity contribution is 7.88. The lowest BCUT2D eigenvalue weighted by Gasteiger charge is -2.27. The normalized spacial score (nSPS) is 30.3. The van der Waals surface area contributed by atoms with E-state index in [0.29, 0.717) is 6.54 Å². The summed E-state index contributed by atoms with van der Waals surface area (Å²) in [5, 5.41) is 0. The predicted molar refractivity (Wildman–Crippen MR) is 51.0 cm³/mol. The summed E-state index contributed by atoms with van der Waals surface area (Å²) in [7, 11) is -3.07. The number of ether oxygens (including phenoxy) is 1. The maximum Gasteiger partial charge on any atom is 0.208 e. The van der Waals surface area contributed by atoms with Crippen molar-refractivity contribution in [3.8, 4) is 0 Å². The van der Waals surface area contributed by atoms with Gasteiger partial charge in [-0.1, -0.05) is 0 Å². The summed E-state index contributed by atoms with van der Waals surface area (Å²) < 4.78 is 29.6.